The Bertz CT molecular complexity index is 798. The zero-order valence-corrected chi connectivity index (χ0v) is 15.8. The maximum absolute atomic E-state index is 12.7. The van der Waals surface area contributed by atoms with Crippen LogP contribution in [-0.4, -0.2) is 43.3 Å². The summed E-state index contributed by atoms with van der Waals surface area (Å²) in [6.45, 7) is 3.51. The molecule has 3 heterocycles. The fourth-order valence-corrected chi connectivity index (χ4v) is 4.59. The molecule has 0 radical (unpaired) electrons. The molecule has 2 aromatic rings. The number of carbonyl (C=O) groups excluding carboxylic acids is 1. The average Bonchev–Trinajstić information content (AvgIpc) is 3.29. The Kier molecular flexibility index (Phi) is 5.69. The van der Waals surface area contributed by atoms with Gasteiger partial charge < -0.3 is 15.0 Å². The first-order valence-electron chi connectivity index (χ1n) is 8.35. The number of alkyl halides is 3. The van der Waals surface area contributed by atoms with Gasteiger partial charge in [-0.25, -0.2) is 0 Å². The summed E-state index contributed by atoms with van der Waals surface area (Å²) in [6.07, 6.45) is -4.70. The first-order valence-corrected chi connectivity index (χ1v) is 9.17. The van der Waals surface area contributed by atoms with Gasteiger partial charge in [0.05, 0.1) is 4.88 Å². The van der Waals surface area contributed by atoms with E-state index in [1.807, 2.05) is 11.0 Å². The number of thiophene rings is 1. The van der Waals surface area contributed by atoms with Crippen LogP contribution in [0.25, 0.3) is 10.4 Å². The lowest BCUT2D eigenvalue weighted by molar-refractivity contribution is -0.274. The van der Waals surface area contributed by atoms with Crippen LogP contribution in [0.3, 0.4) is 0 Å². The third kappa shape index (κ3) is 4.39. The van der Waals surface area contributed by atoms with Gasteiger partial charge in [0.15, 0.2) is 0 Å². The van der Waals surface area contributed by atoms with E-state index in [2.05, 4.69) is 10.1 Å². The van der Waals surface area contributed by atoms with E-state index in [0.717, 1.165) is 36.6 Å². The summed E-state index contributed by atoms with van der Waals surface area (Å²) in [5.74, 6) is 0.859. The molecular weight excluding hydrogens is 401 g/mol. The van der Waals surface area contributed by atoms with Crippen molar-refractivity contribution < 1.29 is 22.7 Å². The number of rotatable bonds is 3. The molecular formula is C18H18ClF3N2O2S. The molecule has 0 unspecified atom stereocenters. The predicted octanol–water partition coefficient (Wildman–Crippen LogP) is 4.03. The van der Waals surface area contributed by atoms with Crippen LogP contribution in [0.2, 0.25) is 0 Å². The molecule has 0 spiro atoms. The summed E-state index contributed by atoms with van der Waals surface area (Å²) in [7, 11) is 0. The van der Waals surface area contributed by atoms with Gasteiger partial charge in [0.2, 0.25) is 0 Å². The van der Waals surface area contributed by atoms with Crippen LogP contribution < -0.4 is 10.1 Å². The Hall–Kier alpha value is -1.77. The van der Waals surface area contributed by atoms with Gasteiger partial charge in [-0.05, 0) is 53.8 Å². The standard InChI is InChI=1S/C18H17F3N2O2S.ClH/c19-18(20,21)25-14-3-1-11(2-4-14)15-5-6-16(26-15)17(24)23-9-12-7-22-8-13(12)10-23;/h1-6,12-13,22H,7-10H2;1H/t12-,13+;. The first-order chi connectivity index (χ1) is 12.4. The summed E-state index contributed by atoms with van der Waals surface area (Å²) in [5, 5.41) is 3.35. The molecule has 27 heavy (non-hydrogen) atoms. The van der Waals surface area contributed by atoms with Crippen molar-refractivity contribution >= 4 is 29.7 Å². The van der Waals surface area contributed by atoms with E-state index in [4.69, 9.17) is 0 Å². The number of ether oxygens (including phenoxy) is 1. The van der Waals surface area contributed by atoms with Crippen LogP contribution in [0.4, 0.5) is 13.2 Å². The zero-order valence-electron chi connectivity index (χ0n) is 14.2. The molecule has 2 saturated heterocycles. The van der Waals surface area contributed by atoms with Gasteiger partial charge >= 0.3 is 6.36 Å². The van der Waals surface area contributed by atoms with Crippen molar-refractivity contribution in [1.82, 2.24) is 10.2 Å². The molecule has 1 N–H and O–H groups in total. The van der Waals surface area contributed by atoms with Gasteiger partial charge in [0.1, 0.15) is 5.75 Å². The summed E-state index contributed by atoms with van der Waals surface area (Å²) < 4.78 is 40.5. The number of likely N-dealkylation sites (tertiary alicyclic amines) is 1. The van der Waals surface area contributed by atoms with E-state index >= 15 is 0 Å². The van der Waals surface area contributed by atoms with Gasteiger partial charge in [-0.3, -0.25) is 4.79 Å². The third-order valence-electron chi connectivity index (χ3n) is 4.87. The van der Waals surface area contributed by atoms with Crippen molar-refractivity contribution in [2.75, 3.05) is 26.2 Å². The van der Waals surface area contributed by atoms with Crippen LogP contribution in [0.15, 0.2) is 36.4 Å². The largest absolute Gasteiger partial charge is 0.573 e. The summed E-state index contributed by atoms with van der Waals surface area (Å²) in [4.78, 5) is 16.1. The molecule has 2 fully saturated rings. The molecule has 146 valence electrons. The monoisotopic (exact) mass is 418 g/mol. The van der Waals surface area contributed by atoms with Crippen molar-refractivity contribution in [1.29, 1.82) is 0 Å². The van der Waals surface area contributed by atoms with Crippen molar-refractivity contribution in [3.8, 4) is 16.2 Å². The lowest BCUT2D eigenvalue weighted by Crippen LogP contribution is -2.31. The Morgan fingerprint density at radius 2 is 1.70 bits per heavy atom. The normalized spacial score (nSPS) is 21.7. The van der Waals surface area contributed by atoms with Crippen LogP contribution >= 0.6 is 23.7 Å². The van der Waals surface area contributed by atoms with Gasteiger partial charge in [0, 0.05) is 31.1 Å². The van der Waals surface area contributed by atoms with Crippen LogP contribution in [0, 0.1) is 11.8 Å². The van der Waals surface area contributed by atoms with E-state index in [1.54, 1.807) is 18.2 Å². The number of benzene rings is 1. The second-order valence-corrected chi connectivity index (χ2v) is 7.71. The number of fused-ring (bicyclic) bond motifs is 1. The summed E-state index contributed by atoms with van der Waals surface area (Å²) in [6, 6.07) is 9.29. The van der Waals surface area contributed by atoms with E-state index < -0.39 is 6.36 Å². The smallest absolute Gasteiger partial charge is 0.406 e. The lowest BCUT2D eigenvalue weighted by Gasteiger charge is -2.16. The highest BCUT2D eigenvalue weighted by molar-refractivity contribution is 7.17. The van der Waals surface area contributed by atoms with Crippen molar-refractivity contribution in [2.24, 2.45) is 11.8 Å². The maximum atomic E-state index is 12.7. The Labute approximate surface area is 164 Å². The lowest BCUT2D eigenvalue weighted by atomic mass is 10.0. The second-order valence-electron chi connectivity index (χ2n) is 6.62. The van der Waals surface area contributed by atoms with E-state index in [0.29, 0.717) is 16.7 Å². The number of amides is 1. The van der Waals surface area contributed by atoms with E-state index in [9.17, 15) is 18.0 Å². The van der Waals surface area contributed by atoms with Crippen LogP contribution in [0.1, 0.15) is 9.67 Å². The minimum absolute atomic E-state index is 0. The Morgan fingerprint density at radius 1 is 1.07 bits per heavy atom. The molecule has 0 saturated carbocycles. The van der Waals surface area contributed by atoms with Crippen LogP contribution in [-0.2, 0) is 0 Å². The molecule has 2 aliphatic heterocycles. The first kappa shape index (κ1) is 20.0. The Balaban J connectivity index is 0.00000210. The fraction of sp³-hybridized carbons (Fsp3) is 0.389. The van der Waals surface area contributed by atoms with Crippen molar-refractivity contribution in [3.63, 3.8) is 0 Å². The van der Waals surface area contributed by atoms with E-state index in [-0.39, 0.29) is 24.1 Å². The molecule has 1 aromatic heterocycles. The SMILES string of the molecule is Cl.O=C(c1ccc(-c2ccc(OC(F)(F)F)cc2)s1)N1C[C@H]2CNC[C@H]2C1. The van der Waals surface area contributed by atoms with Gasteiger partial charge in [0.25, 0.3) is 5.91 Å². The number of nitrogens with one attached hydrogen (secondary N) is 1. The molecule has 0 bridgehead atoms. The molecule has 2 atom stereocenters. The topological polar surface area (TPSA) is 41.6 Å². The number of nitrogens with zero attached hydrogens (tertiary/aromatic N) is 1. The minimum atomic E-state index is -4.70. The molecule has 1 aromatic carbocycles. The molecule has 4 rings (SSSR count). The molecule has 1 amide bonds. The maximum Gasteiger partial charge on any atom is 0.573 e. The summed E-state index contributed by atoms with van der Waals surface area (Å²) >= 11 is 1.36. The highest BCUT2D eigenvalue weighted by atomic mass is 35.5. The Morgan fingerprint density at radius 3 is 2.30 bits per heavy atom. The predicted molar refractivity (Wildman–Crippen MR) is 99.4 cm³/mol. The van der Waals surface area contributed by atoms with Crippen molar-refractivity contribution in [3.05, 3.63) is 41.3 Å². The number of hydrogen-bond donors (Lipinski definition) is 1. The number of halogens is 4. The van der Waals surface area contributed by atoms with Gasteiger partial charge in [-0.2, -0.15) is 0 Å². The average molecular weight is 419 g/mol. The fourth-order valence-electron chi connectivity index (χ4n) is 3.61. The number of hydrogen-bond acceptors (Lipinski definition) is 4. The summed E-state index contributed by atoms with van der Waals surface area (Å²) in [5.41, 5.74) is 0.756. The van der Waals surface area contributed by atoms with Crippen LogP contribution in [0.5, 0.6) is 5.75 Å². The molecule has 2 aliphatic rings. The van der Waals surface area contributed by atoms with Gasteiger partial charge in [-0.1, -0.05) is 0 Å². The van der Waals surface area contributed by atoms with Gasteiger partial charge in [-0.15, -0.1) is 36.9 Å². The highest BCUT2D eigenvalue weighted by Gasteiger charge is 2.38. The van der Waals surface area contributed by atoms with E-state index in [1.165, 1.54) is 23.5 Å². The second kappa shape index (κ2) is 7.69. The quantitative estimate of drug-likeness (QED) is 0.818. The number of carbonyl (C=O) groups is 1. The third-order valence-corrected chi connectivity index (χ3v) is 5.99. The highest BCUT2D eigenvalue weighted by Crippen LogP contribution is 2.33. The van der Waals surface area contributed by atoms with Crippen molar-refractivity contribution in [2.45, 2.75) is 6.36 Å². The zero-order chi connectivity index (χ0) is 18.3. The molecule has 0 aliphatic carbocycles. The molecule has 4 nitrogen and oxygen atoms in total. The minimum Gasteiger partial charge on any atom is -0.406 e. The molecule has 9 heteroatoms.